The van der Waals surface area contributed by atoms with Gasteiger partial charge in [0.05, 0.1) is 36.2 Å². The molecular formula is C42H53N3O8S. The van der Waals surface area contributed by atoms with Crippen molar-refractivity contribution in [2.45, 2.75) is 102 Å². The summed E-state index contributed by atoms with van der Waals surface area (Å²) in [6.07, 6.45) is 1.10. The van der Waals surface area contributed by atoms with E-state index >= 15 is 0 Å². The first-order valence-corrected chi connectivity index (χ1v) is 18.5. The van der Waals surface area contributed by atoms with Gasteiger partial charge in [-0.25, -0.2) is 4.79 Å². The Morgan fingerprint density at radius 2 is 1.44 bits per heavy atom. The van der Waals surface area contributed by atoms with Gasteiger partial charge in [0.2, 0.25) is 11.8 Å². The zero-order chi connectivity index (χ0) is 38.1. The number of hydrogen-bond donors (Lipinski definition) is 2. The Bertz CT molecular complexity index is 1780. The largest absolute Gasteiger partial charge is 0.496 e. The molecule has 1 fully saturated rings. The van der Waals surface area contributed by atoms with Gasteiger partial charge in [0.1, 0.15) is 11.8 Å². The van der Waals surface area contributed by atoms with Gasteiger partial charge in [0.15, 0.2) is 0 Å². The quantitative estimate of drug-likeness (QED) is 0.216. The summed E-state index contributed by atoms with van der Waals surface area (Å²) in [6.45, 7) is 7.92. The molecule has 12 heteroatoms. The van der Waals surface area contributed by atoms with E-state index in [1.165, 1.54) is 7.11 Å². The molecule has 0 bridgehead atoms. The fourth-order valence-electron chi connectivity index (χ4n) is 7.48. The summed E-state index contributed by atoms with van der Waals surface area (Å²) < 4.78 is 16.2. The number of methoxy groups -OCH3 is 1. The molecule has 290 valence electrons. The van der Waals surface area contributed by atoms with E-state index in [2.05, 4.69) is 10.6 Å². The second-order valence-corrected chi connectivity index (χ2v) is 14.3. The van der Waals surface area contributed by atoms with Crippen LogP contribution in [-0.2, 0) is 34.1 Å². The minimum absolute atomic E-state index is 0. The summed E-state index contributed by atoms with van der Waals surface area (Å²) in [5.41, 5.74) is 1.44. The minimum Gasteiger partial charge on any atom is -0.496 e. The highest BCUT2D eigenvalue weighted by atomic mass is 32.1. The minimum atomic E-state index is -1.22. The number of benzene rings is 3. The first-order chi connectivity index (χ1) is 25.4. The summed E-state index contributed by atoms with van der Waals surface area (Å²) in [4.78, 5) is 69.7. The van der Waals surface area contributed by atoms with Crippen LogP contribution in [0.4, 0.5) is 0 Å². The van der Waals surface area contributed by atoms with E-state index < -0.39 is 41.3 Å². The highest BCUT2D eigenvalue weighted by molar-refractivity contribution is 7.59. The molecule has 0 unspecified atom stereocenters. The van der Waals surface area contributed by atoms with Crippen LogP contribution >= 0.6 is 13.5 Å². The first kappa shape index (κ1) is 41.9. The van der Waals surface area contributed by atoms with Crippen LogP contribution in [0.15, 0.2) is 78.9 Å². The molecule has 3 aromatic carbocycles. The Hall–Kier alpha value is -4.84. The van der Waals surface area contributed by atoms with Gasteiger partial charge in [-0.05, 0) is 88.6 Å². The fourth-order valence-corrected chi connectivity index (χ4v) is 7.48. The van der Waals surface area contributed by atoms with Gasteiger partial charge in [0, 0.05) is 25.6 Å². The first-order valence-electron chi connectivity index (χ1n) is 18.5. The molecule has 2 aliphatic rings. The van der Waals surface area contributed by atoms with Crippen molar-refractivity contribution >= 4 is 43.2 Å². The summed E-state index contributed by atoms with van der Waals surface area (Å²) in [5, 5.41) is 6.07. The van der Waals surface area contributed by atoms with Crippen LogP contribution < -0.4 is 15.4 Å². The van der Waals surface area contributed by atoms with E-state index in [1.807, 2.05) is 65.6 Å². The van der Waals surface area contributed by atoms with Gasteiger partial charge in [-0.2, -0.15) is 13.5 Å². The van der Waals surface area contributed by atoms with Crippen LogP contribution in [0.3, 0.4) is 0 Å². The van der Waals surface area contributed by atoms with E-state index in [0.29, 0.717) is 55.6 Å². The van der Waals surface area contributed by atoms with Gasteiger partial charge in [-0.1, -0.05) is 66.7 Å². The molecule has 1 aliphatic heterocycles. The highest BCUT2D eigenvalue weighted by Crippen LogP contribution is 2.48. The van der Waals surface area contributed by atoms with E-state index in [-0.39, 0.29) is 50.3 Å². The Morgan fingerprint density at radius 1 is 0.815 bits per heavy atom. The van der Waals surface area contributed by atoms with Gasteiger partial charge < -0.3 is 29.7 Å². The molecule has 0 aromatic heterocycles. The predicted molar refractivity (Wildman–Crippen MR) is 210 cm³/mol. The SMILES string of the molecule is COc1ccccc1C(=O)NC1CCN(C(=O)[C@H]2CC[C@@](C(=O)N[C@@H](CCC(=O)OC(C)C)C(=O)OC(C)C)(c3ccccc3)c3ccccc32)CC1.S. The molecule has 0 saturated carbocycles. The molecule has 0 spiro atoms. The Balaban J connectivity index is 0.00000650. The molecule has 11 nitrogen and oxygen atoms in total. The number of carbonyl (C=O) groups excluding carboxylic acids is 5. The van der Waals surface area contributed by atoms with Crippen molar-refractivity contribution in [1.29, 1.82) is 0 Å². The number of amides is 3. The number of fused-ring (bicyclic) bond motifs is 1. The van der Waals surface area contributed by atoms with Crippen molar-refractivity contribution in [3.8, 4) is 5.75 Å². The van der Waals surface area contributed by atoms with E-state index in [0.717, 1.165) is 11.1 Å². The van der Waals surface area contributed by atoms with Gasteiger partial charge >= 0.3 is 11.9 Å². The van der Waals surface area contributed by atoms with E-state index in [1.54, 1.807) is 45.9 Å². The van der Waals surface area contributed by atoms with Crippen LogP contribution in [0.5, 0.6) is 5.75 Å². The van der Waals surface area contributed by atoms with Crippen LogP contribution in [-0.4, -0.2) is 79.1 Å². The Morgan fingerprint density at radius 3 is 2.11 bits per heavy atom. The van der Waals surface area contributed by atoms with Crippen molar-refractivity contribution in [3.05, 3.63) is 101 Å². The van der Waals surface area contributed by atoms with Gasteiger partial charge in [-0.15, -0.1) is 0 Å². The molecule has 1 saturated heterocycles. The van der Waals surface area contributed by atoms with Crippen molar-refractivity contribution in [1.82, 2.24) is 15.5 Å². The average molecular weight is 760 g/mol. The number of piperidine rings is 1. The molecule has 1 aliphatic carbocycles. The normalized spacial score (nSPS) is 18.8. The summed E-state index contributed by atoms with van der Waals surface area (Å²) in [6, 6.07) is 22.8. The molecule has 0 radical (unpaired) electrons. The lowest BCUT2D eigenvalue weighted by atomic mass is 9.62. The highest BCUT2D eigenvalue weighted by Gasteiger charge is 2.49. The lowest BCUT2D eigenvalue weighted by Gasteiger charge is -2.43. The molecule has 3 amide bonds. The number of nitrogens with zero attached hydrogens (tertiary/aromatic N) is 1. The van der Waals surface area contributed by atoms with Crippen LogP contribution in [0, 0.1) is 0 Å². The van der Waals surface area contributed by atoms with Gasteiger partial charge in [-0.3, -0.25) is 19.2 Å². The molecule has 5 rings (SSSR count). The van der Waals surface area contributed by atoms with E-state index in [4.69, 9.17) is 14.2 Å². The molecule has 2 N–H and O–H groups in total. The maximum atomic E-state index is 14.8. The number of para-hydroxylation sites is 1. The maximum absolute atomic E-state index is 14.8. The molecule has 54 heavy (non-hydrogen) atoms. The number of likely N-dealkylation sites (tertiary alicyclic amines) is 1. The van der Waals surface area contributed by atoms with Crippen LogP contribution in [0.25, 0.3) is 0 Å². The third-order valence-corrected chi connectivity index (χ3v) is 10.00. The molecule has 3 atom stereocenters. The zero-order valence-electron chi connectivity index (χ0n) is 31.8. The predicted octanol–water partition coefficient (Wildman–Crippen LogP) is 5.56. The maximum Gasteiger partial charge on any atom is 0.328 e. The second kappa shape index (κ2) is 19.0. The summed E-state index contributed by atoms with van der Waals surface area (Å²) >= 11 is 0. The smallest absolute Gasteiger partial charge is 0.328 e. The number of esters is 2. The molecule has 1 heterocycles. The number of rotatable bonds is 13. The zero-order valence-corrected chi connectivity index (χ0v) is 32.8. The van der Waals surface area contributed by atoms with Gasteiger partial charge in [0.25, 0.3) is 5.91 Å². The Kier molecular flexibility index (Phi) is 14.7. The van der Waals surface area contributed by atoms with Crippen LogP contribution in [0.1, 0.15) is 99.2 Å². The Labute approximate surface area is 324 Å². The fraction of sp³-hybridized carbons (Fsp3) is 0.452. The van der Waals surface area contributed by atoms with Crippen molar-refractivity contribution in [2.24, 2.45) is 0 Å². The third kappa shape index (κ3) is 9.63. The lowest BCUT2D eigenvalue weighted by molar-refractivity contribution is -0.153. The average Bonchev–Trinajstić information content (AvgIpc) is 3.15. The summed E-state index contributed by atoms with van der Waals surface area (Å²) in [7, 11) is 1.53. The lowest BCUT2D eigenvalue weighted by Crippen LogP contribution is -2.54. The third-order valence-electron chi connectivity index (χ3n) is 10.00. The molecular weight excluding hydrogens is 707 g/mol. The number of nitrogens with one attached hydrogen (secondary N) is 2. The number of hydrogen-bond acceptors (Lipinski definition) is 8. The standard InChI is InChI=1S/C42H51N3O8.H2S/c1-27(2)52-37(46)20-19-35(40(49)53-28(3)4)44-41(50)42(29-13-7-6-8-14-29)24-21-32(31-15-9-11-17-34(31)42)39(48)45-25-22-30(23-26-45)43-38(47)33-16-10-12-18-36(33)51-5;/h6-18,27-28,30,32,35H,19-26H2,1-5H3,(H,43,47)(H,44,50);1H2/t32-,35-,42+;/m0./s1. The van der Waals surface area contributed by atoms with Crippen molar-refractivity contribution in [3.63, 3.8) is 0 Å². The summed E-state index contributed by atoms with van der Waals surface area (Å²) in [5.74, 6) is -1.71. The monoisotopic (exact) mass is 759 g/mol. The van der Waals surface area contributed by atoms with E-state index in [9.17, 15) is 24.0 Å². The van der Waals surface area contributed by atoms with Crippen molar-refractivity contribution < 1.29 is 38.2 Å². The second-order valence-electron chi connectivity index (χ2n) is 14.3. The molecule has 3 aromatic rings. The topological polar surface area (TPSA) is 140 Å². The number of ether oxygens (including phenoxy) is 3. The van der Waals surface area contributed by atoms with Crippen LogP contribution in [0.2, 0.25) is 0 Å². The number of carbonyl (C=O) groups is 5. The van der Waals surface area contributed by atoms with Crippen molar-refractivity contribution in [2.75, 3.05) is 20.2 Å².